The third-order valence-electron chi connectivity index (χ3n) is 1.80. The maximum Gasteiger partial charge on any atom is 0.0774 e. The van der Waals surface area contributed by atoms with Crippen molar-refractivity contribution < 1.29 is 5.11 Å². The minimum atomic E-state index is 0.116. The van der Waals surface area contributed by atoms with E-state index in [-0.39, 0.29) is 6.61 Å². The SMILES string of the molecule is OCc1cc(-c2cccnc2)cs1. The lowest BCUT2D eigenvalue weighted by molar-refractivity contribution is 0.285. The molecule has 0 saturated heterocycles. The second-order valence-electron chi connectivity index (χ2n) is 2.70. The van der Waals surface area contributed by atoms with E-state index in [1.165, 1.54) is 0 Å². The van der Waals surface area contributed by atoms with Gasteiger partial charge in [-0.05, 0) is 23.1 Å². The van der Waals surface area contributed by atoms with Gasteiger partial charge in [0.2, 0.25) is 0 Å². The molecule has 0 aliphatic heterocycles. The van der Waals surface area contributed by atoms with Gasteiger partial charge in [-0.25, -0.2) is 0 Å². The zero-order chi connectivity index (χ0) is 9.10. The predicted molar refractivity (Wildman–Crippen MR) is 53.5 cm³/mol. The molecule has 2 aromatic heterocycles. The Morgan fingerprint density at radius 3 is 2.92 bits per heavy atom. The summed E-state index contributed by atoms with van der Waals surface area (Å²) in [5, 5.41) is 10.9. The van der Waals surface area contributed by atoms with Gasteiger partial charge in [-0.1, -0.05) is 6.07 Å². The van der Waals surface area contributed by atoms with E-state index in [1.807, 2.05) is 29.8 Å². The molecule has 2 nitrogen and oxygen atoms in total. The van der Waals surface area contributed by atoms with E-state index in [2.05, 4.69) is 4.98 Å². The van der Waals surface area contributed by atoms with Crippen LogP contribution in [0.3, 0.4) is 0 Å². The van der Waals surface area contributed by atoms with Crippen LogP contribution in [0, 0.1) is 0 Å². The molecule has 2 aromatic rings. The highest BCUT2D eigenvalue weighted by molar-refractivity contribution is 7.10. The molecule has 0 spiro atoms. The molecule has 0 aromatic carbocycles. The highest BCUT2D eigenvalue weighted by atomic mass is 32.1. The van der Waals surface area contributed by atoms with Gasteiger partial charge in [0.15, 0.2) is 0 Å². The highest BCUT2D eigenvalue weighted by Gasteiger charge is 2.00. The Hall–Kier alpha value is -1.19. The van der Waals surface area contributed by atoms with Crippen molar-refractivity contribution in [2.45, 2.75) is 6.61 Å². The van der Waals surface area contributed by atoms with Gasteiger partial charge in [0.25, 0.3) is 0 Å². The lowest BCUT2D eigenvalue weighted by Crippen LogP contribution is -1.76. The summed E-state index contributed by atoms with van der Waals surface area (Å²) in [6.07, 6.45) is 3.58. The van der Waals surface area contributed by atoms with Crippen molar-refractivity contribution in [3.8, 4) is 11.1 Å². The van der Waals surface area contributed by atoms with Crippen LogP contribution in [0.1, 0.15) is 4.88 Å². The average Bonchev–Trinajstić information content (AvgIpc) is 2.67. The normalized spacial score (nSPS) is 10.2. The van der Waals surface area contributed by atoms with Crippen molar-refractivity contribution in [1.29, 1.82) is 0 Å². The van der Waals surface area contributed by atoms with E-state index in [9.17, 15) is 0 Å². The first-order valence-corrected chi connectivity index (χ1v) is 4.87. The van der Waals surface area contributed by atoms with Crippen LogP contribution < -0.4 is 0 Å². The molecule has 0 bridgehead atoms. The summed E-state index contributed by atoms with van der Waals surface area (Å²) in [5.41, 5.74) is 2.22. The first-order chi connectivity index (χ1) is 6.40. The molecule has 0 amide bonds. The van der Waals surface area contributed by atoms with Crippen LogP contribution >= 0.6 is 11.3 Å². The number of hydrogen-bond acceptors (Lipinski definition) is 3. The van der Waals surface area contributed by atoms with Crippen molar-refractivity contribution >= 4 is 11.3 Å². The minimum absolute atomic E-state index is 0.116. The standard InChI is InChI=1S/C10H9NOS/c12-6-10-4-9(7-13-10)8-2-1-3-11-5-8/h1-5,7,12H,6H2. The van der Waals surface area contributed by atoms with E-state index in [4.69, 9.17) is 5.11 Å². The molecule has 0 fully saturated rings. The molecule has 0 unspecified atom stereocenters. The number of aliphatic hydroxyl groups is 1. The summed E-state index contributed by atoms with van der Waals surface area (Å²) in [7, 11) is 0. The van der Waals surface area contributed by atoms with E-state index in [0.717, 1.165) is 16.0 Å². The van der Waals surface area contributed by atoms with Gasteiger partial charge >= 0.3 is 0 Å². The number of nitrogens with zero attached hydrogens (tertiary/aromatic N) is 1. The minimum Gasteiger partial charge on any atom is -0.391 e. The Bertz CT molecular complexity index is 383. The van der Waals surface area contributed by atoms with Gasteiger partial charge in [-0.2, -0.15) is 0 Å². The second kappa shape index (κ2) is 3.68. The Kier molecular flexibility index (Phi) is 2.38. The van der Waals surface area contributed by atoms with Crippen molar-refractivity contribution in [2.24, 2.45) is 0 Å². The van der Waals surface area contributed by atoms with Gasteiger partial charge in [0.05, 0.1) is 6.61 Å². The van der Waals surface area contributed by atoms with Crippen LogP contribution in [0.5, 0.6) is 0 Å². The number of aliphatic hydroxyl groups excluding tert-OH is 1. The number of thiophene rings is 1. The number of aromatic nitrogens is 1. The zero-order valence-electron chi connectivity index (χ0n) is 6.97. The van der Waals surface area contributed by atoms with Gasteiger partial charge in [0, 0.05) is 22.8 Å². The van der Waals surface area contributed by atoms with Crippen LogP contribution in [0.25, 0.3) is 11.1 Å². The summed E-state index contributed by atoms with van der Waals surface area (Å²) < 4.78 is 0. The molecule has 13 heavy (non-hydrogen) atoms. The molecule has 66 valence electrons. The summed E-state index contributed by atoms with van der Waals surface area (Å²) >= 11 is 1.57. The number of rotatable bonds is 2. The summed E-state index contributed by atoms with van der Waals surface area (Å²) in [6.45, 7) is 0.116. The Balaban J connectivity index is 2.36. The van der Waals surface area contributed by atoms with Crippen molar-refractivity contribution in [3.05, 3.63) is 40.8 Å². The molecule has 0 radical (unpaired) electrons. The number of hydrogen-bond donors (Lipinski definition) is 1. The fourth-order valence-electron chi connectivity index (χ4n) is 1.15. The lowest BCUT2D eigenvalue weighted by Gasteiger charge is -1.93. The first kappa shape index (κ1) is 8.41. The van der Waals surface area contributed by atoms with E-state index >= 15 is 0 Å². The molecule has 3 heteroatoms. The van der Waals surface area contributed by atoms with Crippen LogP contribution in [0.4, 0.5) is 0 Å². The summed E-state index contributed by atoms with van der Waals surface area (Å²) in [4.78, 5) is 5.02. The molecular weight excluding hydrogens is 182 g/mol. The molecule has 2 heterocycles. The Morgan fingerprint density at radius 1 is 1.38 bits per heavy atom. The quantitative estimate of drug-likeness (QED) is 0.790. The van der Waals surface area contributed by atoms with Crippen LogP contribution in [-0.4, -0.2) is 10.1 Å². The molecule has 0 atom stereocenters. The largest absolute Gasteiger partial charge is 0.391 e. The maximum absolute atomic E-state index is 8.89. The summed E-state index contributed by atoms with van der Waals surface area (Å²) in [6, 6.07) is 5.91. The van der Waals surface area contributed by atoms with E-state index in [0.29, 0.717) is 0 Å². The molecular formula is C10H9NOS. The third kappa shape index (κ3) is 1.76. The van der Waals surface area contributed by atoms with E-state index < -0.39 is 0 Å². The molecule has 1 N–H and O–H groups in total. The van der Waals surface area contributed by atoms with Crippen LogP contribution in [0.2, 0.25) is 0 Å². The van der Waals surface area contributed by atoms with Gasteiger partial charge in [0.1, 0.15) is 0 Å². The maximum atomic E-state index is 8.89. The predicted octanol–water partition coefficient (Wildman–Crippen LogP) is 2.30. The topological polar surface area (TPSA) is 33.1 Å². The van der Waals surface area contributed by atoms with Gasteiger partial charge in [-0.3, -0.25) is 4.98 Å². The van der Waals surface area contributed by atoms with E-state index in [1.54, 1.807) is 17.5 Å². The van der Waals surface area contributed by atoms with Gasteiger partial charge in [-0.15, -0.1) is 11.3 Å². The Morgan fingerprint density at radius 2 is 2.31 bits per heavy atom. The molecule has 0 saturated carbocycles. The van der Waals surface area contributed by atoms with Crippen molar-refractivity contribution in [3.63, 3.8) is 0 Å². The smallest absolute Gasteiger partial charge is 0.0774 e. The molecule has 0 aliphatic rings. The fraction of sp³-hybridized carbons (Fsp3) is 0.100. The second-order valence-corrected chi connectivity index (χ2v) is 3.70. The van der Waals surface area contributed by atoms with Gasteiger partial charge < -0.3 is 5.11 Å². The monoisotopic (exact) mass is 191 g/mol. The Labute approximate surface area is 80.5 Å². The third-order valence-corrected chi connectivity index (χ3v) is 2.73. The lowest BCUT2D eigenvalue weighted by atomic mass is 10.1. The summed E-state index contributed by atoms with van der Waals surface area (Å²) in [5.74, 6) is 0. The number of pyridine rings is 1. The molecule has 2 rings (SSSR count). The van der Waals surface area contributed by atoms with Crippen molar-refractivity contribution in [2.75, 3.05) is 0 Å². The average molecular weight is 191 g/mol. The molecule has 0 aliphatic carbocycles. The van der Waals surface area contributed by atoms with Crippen LogP contribution in [0.15, 0.2) is 36.0 Å². The van der Waals surface area contributed by atoms with Crippen LogP contribution in [-0.2, 0) is 6.61 Å². The first-order valence-electron chi connectivity index (χ1n) is 3.99. The van der Waals surface area contributed by atoms with Crippen molar-refractivity contribution in [1.82, 2.24) is 4.98 Å². The highest BCUT2D eigenvalue weighted by Crippen LogP contribution is 2.24. The fourth-order valence-corrected chi connectivity index (χ4v) is 1.90. The zero-order valence-corrected chi connectivity index (χ0v) is 7.79.